The van der Waals surface area contributed by atoms with Gasteiger partial charge in [0.2, 0.25) is 0 Å². The Kier molecular flexibility index (Phi) is 5.92. The number of nitrogens with zero attached hydrogens (tertiary/aromatic N) is 4. The van der Waals surface area contributed by atoms with Crippen LogP contribution in [-0.4, -0.2) is 58.9 Å². The van der Waals surface area contributed by atoms with Crippen molar-refractivity contribution < 1.29 is 9.84 Å². The first kappa shape index (κ1) is 20.7. The highest BCUT2D eigenvalue weighted by Crippen LogP contribution is 2.28. The minimum Gasteiger partial charge on any atom is -0.497 e. The standard InChI is InChI=1S/C25H29N5O2/c1-32-21-8-4-7-20(13-21)28-24-14-25(27-17-26-24)30-12-10-22(23(31)16-30)29-11-9-18-5-2-3-6-19(18)15-29/h2-8,13-14,17,22-23,31H,9-12,15-16H2,1H3,(H,26,27,28). The third-order valence-electron chi connectivity index (χ3n) is 6.49. The number of benzene rings is 2. The number of piperidine rings is 1. The monoisotopic (exact) mass is 431 g/mol. The normalized spacial score (nSPS) is 21.1. The zero-order valence-corrected chi connectivity index (χ0v) is 18.3. The summed E-state index contributed by atoms with van der Waals surface area (Å²) >= 11 is 0. The number of anilines is 3. The Morgan fingerprint density at radius 2 is 1.91 bits per heavy atom. The molecule has 3 aromatic rings. The van der Waals surface area contributed by atoms with Crippen molar-refractivity contribution in [2.75, 3.05) is 37.0 Å². The molecule has 2 atom stereocenters. The Labute approximate surface area is 188 Å². The van der Waals surface area contributed by atoms with E-state index in [0.717, 1.165) is 49.7 Å². The van der Waals surface area contributed by atoms with Crippen molar-refractivity contribution >= 4 is 17.3 Å². The van der Waals surface area contributed by atoms with Gasteiger partial charge in [-0.05, 0) is 36.1 Å². The molecule has 0 bridgehead atoms. The zero-order chi connectivity index (χ0) is 21.9. The van der Waals surface area contributed by atoms with Gasteiger partial charge in [-0.2, -0.15) is 0 Å². The molecule has 0 saturated carbocycles. The molecule has 2 aliphatic rings. The number of nitrogens with one attached hydrogen (secondary N) is 1. The Balaban J connectivity index is 1.24. The lowest BCUT2D eigenvalue weighted by Gasteiger charge is -2.43. The molecule has 2 aliphatic heterocycles. The van der Waals surface area contributed by atoms with Gasteiger partial charge < -0.3 is 20.1 Å². The molecule has 166 valence electrons. The lowest BCUT2D eigenvalue weighted by Crippen LogP contribution is -2.55. The van der Waals surface area contributed by atoms with E-state index in [9.17, 15) is 5.11 Å². The van der Waals surface area contributed by atoms with Crippen LogP contribution in [0.25, 0.3) is 0 Å². The third-order valence-corrected chi connectivity index (χ3v) is 6.49. The van der Waals surface area contributed by atoms with E-state index in [1.54, 1.807) is 13.4 Å². The van der Waals surface area contributed by atoms with Crippen LogP contribution in [0.3, 0.4) is 0 Å². The number of aromatic nitrogens is 2. The Hall–Kier alpha value is -3.16. The van der Waals surface area contributed by atoms with Crippen molar-refractivity contribution in [3.8, 4) is 5.75 Å². The van der Waals surface area contributed by atoms with Crippen molar-refractivity contribution in [3.63, 3.8) is 0 Å². The minimum absolute atomic E-state index is 0.177. The highest BCUT2D eigenvalue weighted by atomic mass is 16.5. The van der Waals surface area contributed by atoms with Crippen LogP contribution in [0, 0.1) is 0 Å². The number of fused-ring (bicyclic) bond motifs is 1. The van der Waals surface area contributed by atoms with Gasteiger partial charge >= 0.3 is 0 Å². The molecule has 1 saturated heterocycles. The summed E-state index contributed by atoms with van der Waals surface area (Å²) in [6.07, 6.45) is 3.11. The number of methoxy groups -OCH3 is 1. The first-order valence-corrected chi connectivity index (χ1v) is 11.2. The molecule has 0 aliphatic carbocycles. The van der Waals surface area contributed by atoms with E-state index in [-0.39, 0.29) is 6.04 Å². The molecule has 0 radical (unpaired) electrons. The predicted octanol–water partition coefficient (Wildman–Crippen LogP) is 3.23. The van der Waals surface area contributed by atoms with Crippen molar-refractivity contribution in [3.05, 3.63) is 72.1 Å². The number of aliphatic hydroxyl groups excluding tert-OH is 1. The predicted molar refractivity (Wildman–Crippen MR) is 125 cm³/mol. The zero-order valence-electron chi connectivity index (χ0n) is 18.3. The molecule has 2 aromatic carbocycles. The molecular formula is C25H29N5O2. The Morgan fingerprint density at radius 3 is 2.75 bits per heavy atom. The second-order valence-corrected chi connectivity index (χ2v) is 8.48. The largest absolute Gasteiger partial charge is 0.497 e. The molecule has 0 amide bonds. The van der Waals surface area contributed by atoms with E-state index in [1.807, 2.05) is 30.3 Å². The van der Waals surface area contributed by atoms with Gasteiger partial charge in [0.05, 0.1) is 13.2 Å². The van der Waals surface area contributed by atoms with E-state index < -0.39 is 6.10 Å². The van der Waals surface area contributed by atoms with E-state index in [1.165, 1.54) is 11.1 Å². The van der Waals surface area contributed by atoms with Gasteiger partial charge in [-0.3, -0.25) is 4.90 Å². The van der Waals surface area contributed by atoms with Crippen molar-refractivity contribution in [1.29, 1.82) is 0 Å². The summed E-state index contributed by atoms with van der Waals surface area (Å²) in [4.78, 5) is 13.4. The van der Waals surface area contributed by atoms with Gasteiger partial charge in [0.15, 0.2) is 0 Å². The first-order chi connectivity index (χ1) is 15.7. The van der Waals surface area contributed by atoms with E-state index >= 15 is 0 Å². The van der Waals surface area contributed by atoms with Gasteiger partial charge in [0.1, 0.15) is 23.7 Å². The van der Waals surface area contributed by atoms with Crippen LogP contribution in [-0.2, 0) is 13.0 Å². The fourth-order valence-electron chi connectivity index (χ4n) is 4.79. The molecule has 1 aromatic heterocycles. The van der Waals surface area contributed by atoms with Gasteiger partial charge in [-0.25, -0.2) is 9.97 Å². The molecule has 1 fully saturated rings. The molecular weight excluding hydrogens is 402 g/mol. The fraction of sp³-hybridized carbons (Fsp3) is 0.360. The van der Waals surface area contributed by atoms with Gasteiger partial charge in [0.25, 0.3) is 0 Å². The second kappa shape index (κ2) is 9.14. The van der Waals surface area contributed by atoms with Crippen LogP contribution in [0.4, 0.5) is 17.3 Å². The maximum atomic E-state index is 11.0. The summed E-state index contributed by atoms with van der Waals surface area (Å²) in [5.74, 6) is 2.33. The highest BCUT2D eigenvalue weighted by Gasteiger charge is 2.34. The van der Waals surface area contributed by atoms with Crippen LogP contribution in [0.1, 0.15) is 17.5 Å². The number of aliphatic hydroxyl groups is 1. The maximum Gasteiger partial charge on any atom is 0.135 e. The molecule has 7 heteroatoms. The van der Waals surface area contributed by atoms with Crippen LogP contribution in [0.2, 0.25) is 0 Å². The van der Waals surface area contributed by atoms with E-state index in [0.29, 0.717) is 12.4 Å². The molecule has 2 unspecified atom stereocenters. The fourth-order valence-corrected chi connectivity index (χ4v) is 4.79. The van der Waals surface area contributed by atoms with Crippen molar-refractivity contribution in [2.45, 2.75) is 31.5 Å². The molecule has 0 spiro atoms. The quantitative estimate of drug-likeness (QED) is 0.643. The maximum absolute atomic E-state index is 11.0. The van der Waals surface area contributed by atoms with Crippen LogP contribution in [0.5, 0.6) is 5.75 Å². The number of hydrogen-bond acceptors (Lipinski definition) is 7. The summed E-state index contributed by atoms with van der Waals surface area (Å²) in [5.41, 5.74) is 3.73. The summed E-state index contributed by atoms with van der Waals surface area (Å²) in [6, 6.07) is 18.5. The van der Waals surface area contributed by atoms with Crippen molar-refractivity contribution in [1.82, 2.24) is 14.9 Å². The van der Waals surface area contributed by atoms with E-state index in [2.05, 4.69) is 49.4 Å². The summed E-state index contributed by atoms with van der Waals surface area (Å²) in [5, 5.41) is 14.3. The highest BCUT2D eigenvalue weighted by molar-refractivity contribution is 5.61. The summed E-state index contributed by atoms with van der Waals surface area (Å²) in [7, 11) is 1.65. The molecule has 3 heterocycles. The summed E-state index contributed by atoms with van der Waals surface area (Å²) in [6.45, 7) is 3.34. The number of β-amino-alcohol motifs (C(OH)–C–C–N with tert-alkyl or cyclic N) is 1. The van der Waals surface area contributed by atoms with Gasteiger partial charge in [0, 0.05) is 50.0 Å². The van der Waals surface area contributed by atoms with Gasteiger partial charge in [-0.15, -0.1) is 0 Å². The molecule has 7 nitrogen and oxygen atoms in total. The van der Waals surface area contributed by atoms with Gasteiger partial charge in [-0.1, -0.05) is 30.3 Å². The Bertz CT molecular complexity index is 1080. The minimum atomic E-state index is -0.418. The SMILES string of the molecule is COc1cccc(Nc2cc(N3CCC(N4CCc5ccccc5C4)C(O)C3)ncn2)c1. The first-order valence-electron chi connectivity index (χ1n) is 11.2. The lowest BCUT2D eigenvalue weighted by molar-refractivity contribution is 0.0293. The average molecular weight is 432 g/mol. The van der Waals surface area contributed by atoms with Crippen LogP contribution < -0.4 is 15.0 Å². The molecule has 5 rings (SSSR count). The average Bonchev–Trinajstić information content (AvgIpc) is 2.84. The molecule has 2 N–H and O–H groups in total. The number of hydrogen-bond donors (Lipinski definition) is 2. The second-order valence-electron chi connectivity index (χ2n) is 8.48. The lowest BCUT2D eigenvalue weighted by atomic mass is 9.94. The topological polar surface area (TPSA) is 73.8 Å². The summed E-state index contributed by atoms with van der Waals surface area (Å²) < 4.78 is 5.29. The van der Waals surface area contributed by atoms with Crippen molar-refractivity contribution in [2.24, 2.45) is 0 Å². The van der Waals surface area contributed by atoms with Crippen LogP contribution >= 0.6 is 0 Å². The van der Waals surface area contributed by atoms with Crippen LogP contribution in [0.15, 0.2) is 60.9 Å². The smallest absolute Gasteiger partial charge is 0.135 e. The molecule has 32 heavy (non-hydrogen) atoms. The van der Waals surface area contributed by atoms with E-state index in [4.69, 9.17) is 4.74 Å². The number of ether oxygens (including phenoxy) is 1. The third kappa shape index (κ3) is 4.40. The Morgan fingerprint density at radius 1 is 1.03 bits per heavy atom. The number of rotatable bonds is 5.